The molecule has 0 atom stereocenters. The molecule has 3 nitrogen and oxygen atoms in total. The summed E-state index contributed by atoms with van der Waals surface area (Å²) >= 11 is 0. The van der Waals surface area contributed by atoms with Gasteiger partial charge in [0.15, 0.2) is 0 Å². The molecule has 1 fully saturated rings. The summed E-state index contributed by atoms with van der Waals surface area (Å²) in [4.78, 5) is 0.306. The van der Waals surface area contributed by atoms with Crippen LogP contribution in [0.4, 0.5) is 0 Å². The van der Waals surface area contributed by atoms with Gasteiger partial charge in [-0.25, -0.2) is 0 Å². The van der Waals surface area contributed by atoms with Crippen LogP contribution in [0, 0.1) is 12.3 Å². The average molecular weight is 271 g/mol. The van der Waals surface area contributed by atoms with Crippen LogP contribution in [-0.4, -0.2) is 19.9 Å². The van der Waals surface area contributed by atoms with Gasteiger partial charge in [0.2, 0.25) is 0 Å². The van der Waals surface area contributed by atoms with Gasteiger partial charge in [0.25, 0.3) is 10.0 Å². The number of rotatable bonds is 2. The smallest absolute Gasteiger partial charge is 0.199 e. The molecule has 0 amide bonds. The van der Waals surface area contributed by atoms with Crippen LogP contribution in [-0.2, 0) is 20.7 Å². The molecule has 0 unspecified atom stereocenters. The van der Waals surface area contributed by atoms with E-state index in [4.69, 9.17) is 0 Å². The number of nitrogens with zero attached hydrogens (tertiary/aromatic N) is 1. The normalized spacial score (nSPS) is 19.7. The quantitative estimate of drug-likeness (QED) is 0.830. The summed E-state index contributed by atoms with van der Waals surface area (Å²) in [6.07, 6.45) is 0. The molecule has 0 radical (unpaired) electrons. The first kappa shape index (κ1) is 12.8. The summed E-state index contributed by atoms with van der Waals surface area (Å²) in [5.41, 5.74) is 1.31. The summed E-state index contributed by atoms with van der Waals surface area (Å²) in [6, 6.07) is 6.86. The minimum atomic E-state index is -3.45. The van der Waals surface area contributed by atoms with E-state index in [1.807, 2.05) is 6.92 Å². The maximum Gasteiger partial charge on any atom is 0.287 e. The standard InChI is InChI=1S/C12H17NO2S2/c1-10-4-6-11(7-5-10)17(14,15)13-16-8-12(2,3)9-16/h4-7H,8-9H2,1-3H3. The van der Waals surface area contributed by atoms with Crippen LogP contribution >= 0.6 is 0 Å². The van der Waals surface area contributed by atoms with Crippen molar-refractivity contribution in [3.63, 3.8) is 0 Å². The van der Waals surface area contributed by atoms with Crippen LogP contribution in [0.15, 0.2) is 32.9 Å². The summed E-state index contributed by atoms with van der Waals surface area (Å²) in [5.74, 6) is 1.77. The molecular weight excluding hydrogens is 254 g/mol. The zero-order valence-electron chi connectivity index (χ0n) is 10.3. The lowest BCUT2D eigenvalue weighted by Gasteiger charge is -2.36. The van der Waals surface area contributed by atoms with E-state index in [9.17, 15) is 8.42 Å². The second-order valence-electron chi connectivity index (χ2n) is 5.28. The Morgan fingerprint density at radius 2 is 1.71 bits per heavy atom. The number of benzene rings is 1. The van der Waals surface area contributed by atoms with Crippen LogP contribution in [0.5, 0.6) is 0 Å². The Hall–Kier alpha value is -0.680. The van der Waals surface area contributed by atoms with Crippen molar-refractivity contribution in [1.29, 1.82) is 0 Å². The third-order valence-corrected chi connectivity index (χ3v) is 7.36. The van der Waals surface area contributed by atoms with Crippen molar-refractivity contribution in [1.82, 2.24) is 0 Å². The Balaban J connectivity index is 2.24. The van der Waals surface area contributed by atoms with Gasteiger partial charge in [-0.3, -0.25) is 0 Å². The lowest BCUT2D eigenvalue weighted by Crippen LogP contribution is -2.39. The molecule has 1 saturated heterocycles. The third kappa shape index (κ3) is 2.96. The molecule has 0 saturated carbocycles. The second kappa shape index (κ2) is 4.21. The van der Waals surface area contributed by atoms with E-state index in [1.165, 1.54) is 0 Å². The molecule has 2 rings (SSSR count). The zero-order chi connectivity index (χ0) is 12.7. The summed E-state index contributed by atoms with van der Waals surface area (Å²) in [5, 5.41) is 0. The van der Waals surface area contributed by atoms with Crippen molar-refractivity contribution in [2.45, 2.75) is 25.7 Å². The molecule has 0 aromatic heterocycles. The maximum atomic E-state index is 12.0. The fourth-order valence-electron chi connectivity index (χ4n) is 1.80. The molecular formula is C12H17NO2S2. The van der Waals surface area contributed by atoms with E-state index in [-0.39, 0.29) is 16.1 Å². The molecule has 0 N–H and O–H groups in total. The minimum absolute atomic E-state index is 0.259. The molecule has 17 heavy (non-hydrogen) atoms. The van der Waals surface area contributed by atoms with Crippen LogP contribution in [0.1, 0.15) is 19.4 Å². The van der Waals surface area contributed by atoms with E-state index in [0.717, 1.165) is 17.1 Å². The van der Waals surface area contributed by atoms with Gasteiger partial charge >= 0.3 is 0 Å². The molecule has 1 heterocycles. The molecule has 94 valence electrons. The monoisotopic (exact) mass is 271 g/mol. The topological polar surface area (TPSA) is 46.5 Å². The lowest BCUT2D eigenvalue weighted by atomic mass is 9.99. The highest BCUT2D eigenvalue weighted by molar-refractivity contribution is 8.00. The Morgan fingerprint density at radius 3 is 2.18 bits per heavy atom. The van der Waals surface area contributed by atoms with Gasteiger partial charge in [0.1, 0.15) is 0 Å². The second-order valence-corrected chi connectivity index (χ2v) is 8.80. The molecule has 5 heteroatoms. The van der Waals surface area contributed by atoms with E-state index in [1.54, 1.807) is 24.3 Å². The molecule has 1 aliphatic rings. The number of aryl methyl sites for hydroxylation is 1. The first-order valence-corrected chi connectivity index (χ1v) is 8.47. The molecule has 0 bridgehead atoms. The van der Waals surface area contributed by atoms with Crippen LogP contribution in [0.25, 0.3) is 0 Å². The Kier molecular flexibility index (Phi) is 3.16. The van der Waals surface area contributed by atoms with Crippen LogP contribution < -0.4 is 0 Å². The van der Waals surface area contributed by atoms with Crippen molar-refractivity contribution < 1.29 is 8.42 Å². The van der Waals surface area contributed by atoms with E-state index >= 15 is 0 Å². The molecule has 1 aromatic rings. The van der Waals surface area contributed by atoms with Gasteiger partial charge in [-0.2, -0.15) is 8.42 Å². The highest BCUT2D eigenvalue weighted by Gasteiger charge is 2.33. The summed E-state index contributed by atoms with van der Waals surface area (Å²) in [7, 11) is -3.75. The van der Waals surface area contributed by atoms with Gasteiger partial charge in [-0.05, 0) is 24.5 Å². The lowest BCUT2D eigenvalue weighted by molar-refractivity contribution is 0.456. The van der Waals surface area contributed by atoms with Gasteiger partial charge in [-0.15, -0.1) is 3.77 Å². The highest BCUT2D eigenvalue weighted by atomic mass is 32.3. The number of hydrogen-bond donors (Lipinski definition) is 0. The highest BCUT2D eigenvalue weighted by Crippen LogP contribution is 2.31. The Labute approximate surface area is 105 Å². The van der Waals surface area contributed by atoms with Crippen molar-refractivity contribution in [2.75, 3.05) is 11.5 Å². The summed E-state index contributed by atoms with van der Waals surface area (Å²) in [6.45, 7) is 6.22. The predicted molar refractivity (Wildman–Crippen MR) is 71.7 cm³/mol. The van der Waals surface area contributed by atoms with Crippen LogP contribution in [0.3, 0.4) is 0 Å². The fourth-order valence-corrected chi connectivity index (χ4v) is 5.88. The molecule has 1 aliphatic heterocycles. The largest absolute Gasteiger partial charge is 0.287 e. The van der Waals surface area contributed by atoms with Crippen molar-refractivity contribution >= 4 is 20.7 Å². The van der Waals surface area contributed by atoms with Crippen molar-refractivity contribution in [2.24, 2.45) is 9.18 Å². The van der Waals surface area contributed by atoms with Crippen LogP contribution in [0.2, 0.25) is 0 Å². The number of hydrogen-bond acceptors (Lipinski definition) is 2. The van der Waals surface area contributed by atoms with Crippen molar-refractivity contribution in [3.8, 4) is 0 Å². The van der Waals surface area contributed by atoms with E-state index < -0.39 is 10.0 Å². The minimum Gasteiger partial charge on any atom is -0.199 e. The first-order chi connectivity index (χ1) is 7.78. The van der Waals surface area contributed by atoms with Crippen molar-refractivity contribution in [3.05, 3.63) is 29.8 Å². The average Bonchev–Trinajstić information content (AvgIpc) is 2.14. The molecule has 0 aliphatic carbocycles. The molecule has 0 spiro atoms. The fraction of sp³-hybridized carbons (Fsp3) is 0.500. The maximum absolute atomic E-state index is 12.0. The third-order valence-electron chi connectivity index (χ3n) is 2.64. The van der Waals surface area contributed by atoms with Gasteiger partial charge < -0.3 is 0 Å². The zero-order valence-corrected chi connectivity index (χ0v) is 11.9. The Bertz CT molecular complexity index is 547. The van der Waals surface area contributed by atoms with Gasteiger partial charge in [0, 0.05) is 11.5 Å². The van der Waals surface area contributed by atoms with Gasteiger partial charge in [-0.1, -0.05) is 42.2 Å². The Morgan fingerprint density at radius 1 is 1.18 bits per heavy atom. The van der Waals surface area contributed by atoms with Gasteiger partial charge in [0.05, 0.1) is 4.90 Å². The SMILES string of the molecule is Cc1ccc(S(=O)(=O)N=S2CC(C)(C)C2)cc1. The summed E-state index contributed by atoms with van der Waals surface area (Å²) < 4.78 is 28.0. The number of sulfonamides is 1. The van der Waals surface area contributed by atoms with E-state index in [2.05, 4.69) is 17.6 Å². The molecule has 1 aromatic carbocycles. The van der Waals surface area contributed by atoms with E-state index in [0.29, 0.717) is 4.90 Å². The predicted octanol–water partition coefficient (Wildman–Crippen LogP) is 2.53. The first-order valence-electron chi connectivity index (χ1n) is 5.51.